The third-order valence-electron chi connectivity index (χ3n) is 4.84. The molecule has 4 heterocycles. The first kappa shape index (κ1) is 20.0. The summed E-state index contributed by atoms with van der Waals surface area (Å²) in [6.45, 7) is 3.19. The molecule has 3 aromatic heterocycles. The number of rotatable bonds is 4. The molecule has 0 aliphatic carbocycles. The molecule has 1 aliphatic heterocycles. The summed E-state index contributed by atoms with van der Waals surface area (Å²) in [5.74, 6) is 0.926. The molecule has 0 aromatic carbocycles. The Bertz CT molecular complexity index is 1030. The van der Waals surface area contributed by atoms with E-state index >= 15 is 0 Å². The molecule has 1 aliphatic rings. The highest BCUT2D eigenvalue weighted by Crippen LogP contribution is 2.30. The summed E-state index contributed by atoms with van der Waals surface area (Å²) in [4.78, 5) is 26.0. The number of pyridine rings is 1. The largest absolute Gasteiger partial charge is 0.356 e. The topological polar surface area (TPSA) is 99.9 Å². The van der Waals surface area contributed by atoms with E-state index in [1.807, 2.05) is 6.07 Å². The van der Waals surface area contributed by atoms with Crippen molar-refractivity contribution in [2.45, 2.75) is 25.8 Å². The number of piperidine rings is 1. The van der Waals surface area contributed by atoms with Crippen molar-refractivity contribution >= 4 is 46.5 Å². The van der Waals surface area contributed by atoms with Crippen LogP contribution < -0.4 is 10.2 Å². The van der Waals surface area contributed by atoms with Gasteiger partial charge in [0.1, 0.15) is 16.7 Å². The van der Waals surface area contributed by atoms with Gasteiger partial charge >= 0.3 is 0 Å². The van der Waals surface area contributed by atoms with E-state index in [2.05, 4.69) is 30.3 Å². The fourth-order valence-corrected chi connectivity index (χ4v) is 3.93. The predicted octanol–water partition coefficient (Wildman–Crippen LogP) is 4.13. The number of carbonyl (C=O) groups excluding carboxylic acids is 1. The van der Waals surface area contributed by atoms with Gasteiger partial charge in [0.15, 0.2) is 0 Å². The highest BCUT2D eigenvalue weighted by atomic mass is 35.5. The smallest absolute Gasteiger partial charge is 0.269 e. The molecule has 1 fully saturated rings. The van der Waals surface area contributed by atoms with Crippen molar-refractivity contribution in [3.05, 3.63) is 45.1 Å². The molecule has 2 N–H and O–H groups in total. The van der Waals surface area contributed by atoms with Crippen molar-refractivity contribution < 1.29 is 9.32 Å². The van der Waals surface area contributed by atoms with Gasteiger partial charge in [-0.15, -0.1) is 0 Å². The molecule has 11 heteroatoms. The van der Waals surface area contributed by atoms with Crippen LogP contribution in [0.25, 0.3) is 11.4 Å². The number of aromatic nitrogens is 4. The van der Waals surface area contributed by atoms with Crippen LogP contribution in [-0.4, -0.2) is 45.1 Å². The summed E-state index contributed by atoms with van der Waals surface area (Å²) in [5.41, 5.74) is 1.69. The molecular formula is C18H17Cl3N6O2. The first-order valence-corrected chi connectivity index (χ1v) is 10.1. The zero-order valence-corrected chi connectivity index (χ0v) is 17.6. The van der Waals surface area contributed by atoms with Crippen LogP contribution in [0.3, 0.4) is 0 Å². The van der Waals surface area contributed by atoms with Crippen LogP contribution in [0.1, 0.15) is 29.0 Å². The fraction of sp³-hybridized carbons (Fsp3) is 0.333. The lowest BCUT2D eigenvalue weighted by molar-refractivity contribution is 0.0926. The summed E-state index contributed by atoms with van der Waals surface area (Å²) in [5, 5.41) is 7.83. The number of anilines is 1. The molecule has 0 spiro atoms. The summed E-state index contributed by atoms with van der Waals surface area (Å²) in [7, 11) is 0. The summed E-state index contributed by atoms with van der Waals surface area (Å²) in [6.07, 6.45) is 2.77. The fourth-order valence-electron chi connectivity index (χ4n) is 3.31. The Labute approximate surface area is 181 Å². The zero-order chi connectivity index (χ0) is 20.5. The highest BCUT2D eigenvalue weighted by molar-refractivity contribution is 6.44. The highest BCUT2D eigenvalue weighted by Gasteiger charge is 2.25. The predicted molar refractivity (Wildman–Crippen MR) is 111 cm³/mol. The van der Waals surface area contributed by atoms with Gasteiger partial charge in [0, 0.05) is 30.4 Å². The molecule has 0 radical (unpaired) electrons. The van der Waals surface area contributed by atoms with Crippen LogP contribution in [0, 0.1) is 6.92 Å². The van der Waals surface area contributed by atoms with E-state index in [1.165, 1.54) is 6.39 Å². The molecule has 1 amide bonds. The Hall–Kier alpha value is -2.29. The number of nitrogens with zero attached hydrogens (tertiary/aromatic N) is 4. The van der Waals surface area contributed by atoms with Crippen molar-refractivity contribution in [3.8, 4) is 11.4 Å². The Morgan fingerprint density at radius 1 is 1.24 bits per heavy atom. The number of aromatic amines is 1. The van der Waals surface area contributed by atoms with Gasteiger partial charge in [0.25, 0.3) is 5.91 Å². The SMILES string of the molecule is Cc1[nH]c(C(=O)NC2CCN(c3cc(-c4ncon4)cc(Cl)n3)CC2)c(Cl)c1Cl. The number of aryl methyl sites for hydroxylation is 1. The van der Waals surface area contributed by atoms with E-state index in [4.69, 9.17) is 39.3 Å². The van der Waals surface area contributed by atoms with Crippen molar-refractivity contribution in [1.82, 2.24) is 25.4 Å². The minimum absolute atomic E-state index is 0.0214. The number of nitrogens with one attached hydrogen (secondary N) is 2. The van der Waals surface area contributed by atoms with Gasteiger partial charge < -0.3 is 19.7 Å². The lowest BCUT2D eigenvalue weighted by atomic mass is 10.0. The van der Waals surface area contributed by atoms with Crippen LogP contribution >= 0.6 is 34.8 Å². The minimum Gasteiger partial charge on any atom is -0.356 e. The maximum absolute atomic E-state index is 12.5. The average molecular weight is 456 g/mol. The molecule has 29 heavy (non-hydrogen) atoms. The van der Waals surface area contributed by atoms with Crippen LogP contribution in [0.15, 0.2) is 23.0 Å². The Morgan fingerprint density at radius 2 is 2.00 bits per heavy atom. The number of amides is 1. The maximum Gasteiger partial charge on any atom is 0.269 e. The van der Waals surface area contributed by atoms with Gasteiger partial charge in [-0.25, -0.2) is 4.98 Å². The molecule has 3 aromatic rings. The van der Waals surface area contributed by atoms with E-state index < -0.39 is 0 Å². The Morgan fingerprint density at radius 3 is 2.62 bits per heavy atom. The molecular weight excluding hydrogens is 439 g/mol. The minimum atomic E-state index is -0.260. The molecule has 1 saturated heterocycles. The molecule has 0 unspecified atom stereocenters. The number of hydrogen-bond donors (Lipinski definition) is 2. The van der Waals surface area contributed by atoms with Crippen LogP contribution in [0.2, 0.25) is 15.2 Å². The lowest BCUT2D eigenvalue weighted by Gasteiger charge is -2.33. The summed E-state index contributed by atoms with van der Waals surface area (Å²) < 4.78 is 4.80. The van der Waals surface area contributed by atoms with Crippen LogP contribution in [0.4, 0.5) is 5.82 Å². The van der Waals surface area contributed by atoms with Gasteiger partial charge in [-0.3, -0.25) is 4.79 Å². The molecule has 0 atom stereocenters. The van der Waals surface area contributed by atoms with E-state index in [0.29, 0.717) is 34.8 Å². The van der Waals surface area contributed by atoms with Crippen molar-refractivity contribution in [2.75, 3.05) is 18.0 Å². The summed E-state index contributed by atoms with van der Waals surface area (Å²) in [6, 6.07) is 3.59. The van der Waals surface area contributed by atoms with Gasteiger partial charge in [-0.2, -0.15) is 4.98 Å². The second kappa shape index (κ2) is 8.22. The first-order valence-electron chi connectivity index (χ1n) is 8.96. The lowest BCUT2D eigenvalue weighted by Crippen LogP contribution is -2.45. The average Bonchev–Trinajstić information content (AvgIpc) is 3.33. The number of carbonyl (C=O) groups is 1. The molecule has 152 valence electrons. The van der Waals surface area contributed by atoms with Gasteiger partial charge in [-0.05, 0) is 31.9 Å². The van der Waals surface area contributed by atoms with Crippen molar-refractivity contribution in [3.63, 3.8) is 0 Å². The first-order chi connectivity index (χ1) is 13.9. The van der Waals surface area contributed by atoms with Crippen LogP contribution in [-0.2, 0) is 0 Å². The number of hydrogen-bond acceptors (Lipinski definition) is 6. The zero-order valence-electron chi connectivity index (χ0n) is 15.4. The third kappa shape index (κ3) is 4.19. The van der Waals surface area contributed by atoms with Crippen LogP contribution in [0.5, 0.6) is 0 Å². The second-order valence-electron chi connectivity index (χ2n) is 6.78. The van der Waals surface area contributed by atoms with Crippen molar-refractivity contribution in [1.29, 1.82) is 0 Å². The van der Waals surface area contributed by atoms with Gasteiger partial charge in [0.05, 0.1) is 10.0 Å². The molecule has 0 saturated carbocycles. The second-order valence-corrected chi connectivity index (χ2v) is 7.92. The Balaban J connectivity index is 1.41. The van der Waals surface area contributed by atoms with Gasteiger partial charge in [0.2, 0.25) is 12.2 Å². The standard InChI is InChI=1S/C18H17Cl3N6O2/c1-9-14(20)15(21)16(23-9)18(28)24-11-2-4-27(5-3-11)13-7-10(6-12(19)25-13)17-22-8-29-26-17/h6-8,11,23H,2-5H2,1H3,(H,24,28). The van der Waals surface area contributed by atoms with E-state index in [9.17, 15) is 4.79 Å². The quantitative estimate of drug-likeness (QED) is 0.574. The monoisotopic (exact) mass is 454 g/mol. The maximum atomic E-state index is 12.5. The number of halogens is 3. The van der Waals surface area contributed by atoms with Crippen molar-refractivity contribution in [2.24, 2.45) is 0 Å². The van der Waals surface area contributed by atoms with E-state index in [1.54, 1.807) is 13.0 Å². The van der Waals surface area contributed by atoms with E-state index in [0.717, 1.165) is 24.2 Å². The van der Waals surface area contributed by atoms with E-state index in [-0.39, 0.29) is 22.7 Å². The van der Waals surface area contributed by atoms with Gasteiger partial charge in [-0.1, -0.05) is 40.0 Å². The third-order valence-corrected chi connectivity index (χ3v) is 5.98. The molecule has 0 bridgehead atoms. The summed E-state index contributed by atoms with van der Waals surface area (Å²) >= 11 is 18.4. The normalized spacial score (nSPS) is 15.0. The molecule has 4 rings (SSSR count). The Kier molecular flexibility index (Phi) is 5.67. The number of H-pyrrole nitrogens is 1. The molecule has 8 nitrogen and oxygen atoms in total.